The number of hydrogen-bond acceptors (Lipinski definition) is 8. The van der Waals surface area contributed by atoms with E-state index in [0.717, 1.165) is 18.4 Å². The van der Waals surface area contributed by atoms with Gasteiger partial charge >= 0.3 is 17.9 Å². The Morgan fingerprint density at radius 1 is 0.862 bits per heavy atom. The maximum absolute atomic E-state index is 11.6. The third kappa shape index (κ3) is 9.71. The van der Waals surface area contributed by atoms with E-state index >= 15 is 0 Å². The molecule has 1 unspecified atom stereocenters. The molecule has 0 aliphatic carbocycles. The summed E-state index contributed by atoms with van der Waals surface area (Å²) in [4.78, 5) is 34.5. The van der Waals surface area contributed by atoms with Gasteiger partial charge in [-0.25, -0.2) is 0 Å². The van der Waals surface area contributed by atoms with Gasteiger partial charge < -0.3 is 23.7 Å². The van der Waals surface area contributed by atoms with Crippen LogP contribution in [-0.2, 0) is 38.1 Å². The van der Waals surface area contributed by atoms with Crippen molar-refractivity contribution >= 4 is 17.9 Å². The molecule has 1 heterocycles. The summed E-state index contributed by atoms with van der Waals surface area (Å²) in [5.74, 6) is -1.76. The highest BCUT2D eigenvalue weighted by Crippen LogP contribution is 2.25. The highest BCUT2D eigenvalue weighted by molar-refractivity contribution is 5.68. The lowest BCUT2D eigenvalue weighted by Crippen LogP contribution is -2.58. The summed E-state index contributed by atoms with van der Waals surface area (Å²) in [6, 6.07) is 0. The van der Waals surface area contributed by atoms with Crippen LogP contribution in [0.1, 0.15) is 54.4 Å². The van der Waals surface area contributed by atoms with Gasteiger partial charge in [0.25, 0.3) is 0 Å². The van der Waals surface area contributed by atoms with Crippen LogP contribution in [0.25, 0.3) is 0 Å². The maximum atomic E-state index is 11.6. The molecule has 0 aromatic rings. The Labute approximate surface area is 172 Å². The molecule has 8 heteroatoms. The van der Waals surface area contributed by atoms with Crippen LogP contribution in [0.5, 0.6) is 0 Å². The minimum Gasteiger partial charge on any atom is -0.456 e. The maximum Gasteiger partial charge on any atom is 0.303 e. The highest BCUT2D eigenvalue weighted by atomic mass is 16.7. The first kappa shape index (κ1) is 24.8. The molecule has 29 heavy (non-hydrogen) atoms. The van der Waals surface area contributed by atoms with Crippen LogP contribution in [0, 0.1) is 0 Å². The lowest BCUT2D eigenvalue weighted by molar-refractivity contribution is -0.278. The summed E-state index contributed by atoms with van der Waals surface area (Å²) >= 11 is 0. The van der Waals surface area contributed by atoms with E-state index < -0.39 is 42.5 Å². The van der Waals surface area contributed by atoms with Gasteiger partial charge in [0.15, 0.2) is 24.6 Å². The van der Waals surface area contributed by atoms with Crippen molar-refractivity contribution in [3.05, 3.63) is 23.3 Å². The van der Waals surface area contributed by atoms with Gasteiger partial charge in [-0.05, 0) is 33.6 Å². The number of hydrogen-bond donors (Lipinski definition) is 0. The molecule has 0 amide bonds. The number of allylic oxidation sites excluding steroid dienone is 3. The average molecular weight is 412 g/mol. The Morgan fingerprint density at radius 3 is 2.00 bits per heavy atom. The number of esters is 3. The van der Waals surface area contributed by atoms with E-state index in [-0.39, 0.29) is 13.2 Å². The van der Waals surface area contributed by atoms with E-state index in [4.69, 9.17) is 23.7 Å². The lowest BCUT2D eigenvalue weighted by atomic mass is 10.0. The topological polar surface area (TPSA) is 97.4 Å². The molecule has 0 aromatic heterocycles. The smallest absolute Gasteiger partial charge is 0.303 e. The van der Waals surface area contributed by atoms with Crippen molar-refractivity contribution in [3.8, 4) is 0 Å². The molecule has 0 spiro atoms. The predicted octanol–water partition coefficient (Wildman–Crippen LogP) is 2.85. The zero-order valence-electron chi connectivity index (χ0n) is 18.1. The molecule has 1 saturated heterocycles. The van der Waals surface area contributed by atoms with Crippen LogP contribution in [0.3, 0.4) is 0 Å². The minimum absolute atomic E-state index is 0.0524. The van der Waals surface area contributed by atoms with Gasteiger partial charge in [-0.15, -0.1) is 0 Å². The largest absolute Gasteiger partial charge is 0.456 e. The second-order valence-electron chi connectivity index (χ2n) is 7.20. The zero-order chi connectivity index (χ0) is 22.0. The Morgan fingerprint density at radius 2 is 1.45 bits per heavy atom. The van der Waals surface area contributed by atoms with Crippen LogP contribution in [0.15, 0.2) is 23.3 Å². The van der Waals surface area contributed by atoms with Crippen molar-refractivity contribution < 1.29 is 38.1 Å². The molecule has 1 aliphatic rings. The Bertz CT molecular complexity index is 633. The van der Waals surface area contributed by atoms with Crippen LogP contribution in [-0.4, -0.2) is 55.7 Å². The van der Waals surface area contributed by atoms with Crippen LogP contribution < -0.4 is 0 Å². The fraction of sp³-hybridized carbons (Fsp3) is 0.667. The number of carbonyl (C=O) groups is 3. The second kappa shape index (κ2) is 12.4. The average Bonchev–Trinajstić information content (AvgIpc) is 2.58. The van der Waals surface area contributed by atoms with Gasteiger partial charge in [0.05, 0.1) is 13.2 Å². The summed E-state index contributed by atoms with van der Waals surface area (Å²) in [5.41, 5.74) is 2.42. The Balaban J connectivity index is 2.83. The van der Waals surface area contributed by atoms with Crippen molar-refractivity contribution in [2.45, 2.75) is 79.0 Å². The standard InChI is InChI=1S/C21H32O8/c1-13(2)8-7-9-14(3)10-11-25-21-20(29-17(6)24)19(28-16(5)23)18(12-26-21)27-15(4)22/h8,10,18-21H,7,9,11-12H2,1-6H3/b14-10-/t18-,19+,20-,21?/m1/s1. The van der Waals surface area contributed by atoms with Crippen molar-refractivity contribution in [1.29, 1.82) is 0 Å². The molecule has 0 radical (unpaired) electrons. The van der Waals surface area contributed by atoms with Gasteiger partial charge in [-0.3, -0.25) is 14.4 Å². The predicted molar refractivity (Wildman–Crippen MR) is 105 cm³/mol. The number of ether oxygens (including phenoxy) is 5. The first-order chi connectivity index (χ1) is 13.6. The SMILES string of the molecule is CC(=O)O[C@H]1[C@H](OC(C)=O)COC(OC/C=C(/C)CCC=C(C)C)[C@@H]1OC(C)=O. The fourth-order valence-electron chi connectivity index (χ4n) is 2.83. The lowest BCUT2D eigenvalue weighted by Gasteiger charge is -2.40. The van der Waals surface area contributed by atoms with E-state index in [1.54, 1.807) is 0 Å². The van der Waals surface area contributed by atoms with E-state index in [0.29, 0.717) is 0 Å². The molecule has 1 rings (SSSR count). The van der Waals surface area contributed by atoms with Crippen LogP contribution in [0.4, 0.5) is 0 Å². The second-order valence-corrected chi connectivity index (χ2v) is 7.20. The monoisotopic (exact) mass is 412 g/mol. The molecule has 8 nitrogen and oxygen atoms in total. The molecule has 164 valence electrons. The Kier molecular flexibility index (Phi) is 10.6. The summed E-state index contributed by atoms with van der Waals surface area (Å²) in [7, 11) is 0. The fourth-order valence-corrected chi connectivity index (χ4v) is 2.83. The molecule has 1 fully saturated rings. The van der Waals surface area contributed by atoms with E-state index in [2.05, 4.69) is 19.9 Å². The van der Waals surface area contributed by atoms with Crippen molar-refractivity contribution in [1.82, 2.24) is 0 Å². The zero-order valence-corrected chi connectivity index (χ0v) is 18.1. The van der Waals surface area contributed by atoms with Gasteiger partial charge in [-0.1, -0.05) is 23.3 Å². The molecule has 0 aromatic carbocycles. The van der Waals surface area contributed by atoms with E-state index in [9.17, 15) is 14.4 Å². The summed E-state index contributed by atoms with van der Waals surface area (Å²) < 4.78 is 27.1. The van der Waals surface area contributed by atoms with E-state index in [1.807, 2.05) is 13.0 Å². The normalized spacial score (nSPS) is 24.4. The quantitative estimate of drug-likeness (QED) is 0.324. The molecule has 4 atom stereocenters. The summed E-state index contributed by atoms with van der Waals surface area (Å²) in [6.45, 7) is 9.98. The third-order valence-corrected chi connectivity index (χ3v) is 4.09. The molecular formula is C21H32O8. The molecular weight excluding hydrogens is 380 g/mol. The summed E-state index contributed by atoms with van der Waals surface area (Å²) in [6.07, 6.45) is 1.98. The van der Waals surface area contributed by atoms with Crippen molar-refractivity contribution in [3.63, 3.8) is 0 Å². The van der Waals surface area contributed by atoms with Gasteiger partial charge in [0.2, 0.25) is 0 Å². The third-order valence-electron chi connectivity index (χ3n) is 4.09. The van der Waals surface area contributed by atoms with Gasteiger partial charge in [-0.2, -0.15) is 0 Å². The van der Waals surface area contributed by atoms with Gasteiger partial charge in [0.1, 0.15) is 0 Å². The van der Waals surface area contributed by atoms with Crippen LogP contribution in [0.2, 0.25) is 0 Å². The summed E-state index contributed by atoms with van der Waals surface area (Å²) in [5, 5.41) is 0. The van der Waals surface area contributed by atoms with Crippen molar-refractivity contribution in [2.24, 2.45) is 0 Å². The van der Waals surface area contributed by atoms with Crippen LogP contribution >= 0.6 is 0 Å². The molecule has 0 bridgehead atoms. The Hall–Kier alpha value is -2.19. The van der Waals surface area contributed by atoms with Crippen molar-refractivity contribution in [2.75, 3.05) is 13.2 Å². The number of rotatable bonds is 9. The first-order valence-corrected chi connectivity index (χ1v) is 9.64. The first-order valence-electron chi connectivity index (χ1n) is 9.64. The molecule has 0 saturated carbocycles. The highest BCUT2D eigenvalue weighted by Gasteiger charge is 2.47. The van der Waals surface area contributed by atoms with Gasteiger partial charge in [0, 0.05) is 20.8 Å². The minimum atomic E-state index is -1.06. The molecule has 0 N–H and O–H groups in total. The number of carbonyl (C=O) groups excluding carboxylic acids is 3. The van der Waals surface area contributed by atoms with E-state index in [1.165, 1.54) is 26.3 Å². The molecule has 1 aliphatic heterocycles.